The molecule has 0 radical (unpaired) electrons. The van der Waals surface area contributed by atoms with Crippen LogP contribution in [-0.4, -0.2) is 16.4 Å². The van der Waals surface area contributed by atoms with Crippen LogP contribution in [-0.2, 0) is 17.8 Å². The lowest BCUT2D eigenvalue weighted by Crippen LogP contribution is -2.09. The summed E-state index contributed by atoms with van der Waals surface area (Å²) in [5.41, 5.74) is 9.20. The molecule has 0 saturated carbocycles. The van der Waals surface area contributed by atoms with Crippen LogP contribution in [0.4, 0.5) is 5.82 Å². The monoisotopic (exact) mass is 215 g/mol. The highest BCUT2D eigenvalue weighted by Gasteiger charge is 2.19. The molecule has 82 valence electrons. The van der Waals surface area contributed by atoms with E-state index in [1.54, 1.807) is 4.68 Å². The van der Waals surface area contributed by atoms with E-state index >= 15 is 0 Å². The number of anilines is 1. The van der Waals surface area contributed by atoms with Gasteiger partial charge < -0.3 is 10.5 Å². The fourth-order valence-electron chi connectivity index (χ4n) is 2.01. The summed E-state index contributed by atoms with van der Waals surface area (Å²) >= 11 is 0. The van der Waals surface area contributed by atoms with Gasteiger partial charge in [0.1, 0.15) is 5.82 Å². The number of rotatable bonds is 1. The first-order valence-corrected chi connectivity index (χ1v) is 5.35. The second-order valence-electron chi connectivity index (χ2n) is 3.86. The first-order chi connectivity index (χ1) is 7.86. The lowest BCUT2D eigenvalue weighted by molar-refractivity contribution is 0.108. The normalized spacial score (nSPS) is 14.8. The first kappa shape index (κ1) is 9.42. The third kappa shape index (κ3) is 1.39. The fourth-order valence-corrected chi connectivity index (χ4v) is 2.01. The number of nitrogens with two attached hydrogens (primary N) is 1. The van der Waals surface area contributed by atoms with Crippen molar-refractivity contribution in [2.45, 2.75) is 13.0 Å². The molecule has 1 aromatic heterocycles. The zero-order chi connectivity index (χ0) is 11.0. The van der Waals surface area contributed by atoms with Gasteiger partial charge in [-0.1, -0.05) is 18.2 Å². The van der Waals surface area contributed by atoms with Gasteiger partial charge >= 0.3 is 0 Å². The summed E-state index contributed by atoms with van der Waals surface area (Å²) < 4.78 is 7.16. The van der Waals surface area contributed by atoms with Crippen LogP contribution in [0.1, 0.15) is 11.3 Å². The highest BCUT2D eigenvalue weighted by atomic mass is 16.5. The van der Waals surface area contributed by atoms with E-state index in [2.05, 4.69) is 5.10 Å². The number of para-hydroxylation sites is 1. The Balaban J connectivity index is 2.12. The Hall–Kier alpha value is -1.81. The Morgan fingerprint density at radius 1 is 1.25 bits per heavy atom. The molecule has 1 aliphatic rings. The Morgan fingerprint density at radius 2 is 2.06 bits per heavy atom. The molecule has 0 aliphatic carbocycles. The van der Waals surface area contributed by atoms with E-state index in [0.29, 0.717) is 6.61 Å². The lowest BCUT2D eigenvalue weighted by Gasteiger charge is -2.10. The van der Waals surface area contributed by atoms with Crippen molar-refractivity contribution >= 4 is 5.82 Å². The largest absolute Gasteiger partial charge is 0.383 e. The molecule has 4 heteroatoms. The van der Waals surface area contributed by atoms with Crippen LogP contribution in [0.3, 0.4) is 0 Å². The van der Waals surface area contributed by atoms with Crippen LogP contribution in [0.5, 0.6) is 0 Å². The molecule has 0 unspecified atom stereocenters. The molecule has 0 saturated heterocycles. The SMILES string of the molecule is Nc1c2c(nn1-c1ccccc1)COCC2. The van der Waals surface area contributed by atoms with E-state index in [0.717, 1.165) is 35.8 Å². The molecular formula is C12H13N3O. The second kappa shape index (κ2) is 3.64. The molecule has 2 heterocycles. The average Bonchev–Trinajstić information content (AvgIpc) is 2.69. The molecule has 0 spiro atoms. The van der Waals surface area contributed by atoms with Gasteiger partial charge in [-0.15, -0.1) is 0 Å². The average molecular weight is 215 g/mol. The summed E-state index contributed by atoms with van der Waals surface area (Å²) in [5, 5.41) is 4.49. The minimum atomic E-state index is 0.569. The summed E-state index contributed by atoms with van der Waals surface area (Å²) in [6.07, 6.45) is 0.855. The topological polar surface area (TPSA) is 53.1 Å². The van der Waals surface area contributed by atoms with Crippen LogP contribution >= 0.6 is 0 Å². The number of nitrogen functional groups attached to an aromatic ring is 1. The van der Waals surface area contributed by atoms with Gasteiger partial charge in [-0.25, -0.2) is 4.68 Å². The Morgan fingerprint density at radius 3 is 2.81 bits per heavy atom. The maximum Gasteiger partial charge on any atom is 0.130 e. The number of hydrogen-bond donors (Lipinski definition) is 1. The van der Waals surface area contributed by atoms with Crippen molar-refractivity contribution < 1.29 is 4.74 Å². The van der Waals surface area contributed by atoms with Crippen molar-refractivity contribution in [3.8, 4) is 5.69 Å². The summed E-state index contributed by atoms with van der Waals surface area (Å²) in [6, 6.07) is 9.93. The van der Waals surface area contributed by atoms with Crippen LogP contribution in [0.2, 0.25) is 0 Å². The van der Waals surface area contributed by atoms with Crippen molar-refractivity contribution in [2.75, 3.05) is 12.3 Å². The summed E-state index contributed by atoms with van der Waals surface area (Å²) in [6.45, 7) is 1.30. The predicted octanol–water partition coefficient (Wildman–Crippen LogP) is 1.53. The third-order valence-electron chi connectivity index (χ3n) is 2.84. The number of ether oxygens (including phenoxy) is 1. The van der Waals surface area contributed by atoms with Gasteiger partial charge in [-0.2, -0.15) is 5.10 Å². The van der Waals surface area contributed by atoms with Crippen molar-refractivity contribution in [3.05, 3.63) is 41.6 Å². The van der Waals surface area contributed by atoms with Gasteiger partial charge in [0.05, 0.1) is 24.6 Å². The fraction of sp³-hybridized carbons (Fsp3) is 0.250. The number of aromatic nitrogens is 2. The zero-order valence-electron chi connectivity index (χ0n) is 8.89. The highest BCUT2D eigenvalue weighted by Crippen LogP contribution is 2.24. The van der Waals surface area contributed by atoms with Crippen LogP contribution in [0.15, 0.2) is 30.3 Å². The van der Waals surface area contributed by atoms with Crippen molar-refractivity contribution in [1.82, 2.24) is 9.78 Å². The number of nitrogens with zero attached hydrogens (tertiary/aromatic N) is 2. The van der Waals surface area contributed by atoms with Gasteiger partial charge in [-0.05, 0) is 12.1 Å². The number of hydrogen-bond acceptors (Lipinski definition) is 3. The van der Waals surface area contributed by atoms with Gasteiger partial charge in [-0.3, -0.25) is 0 Å². The van der Waals surface area contributed by atoms with E-state index in [9.17, 15) is 0 Å². The molecule has 4 nitrogen and oxygen atoms in total. The molecule has 16 heavy (non-hydrogen) atoms. The lowest BCUT2D eigenvalue weighted by atomic mass is 10.1. The van der Waals surface area contributed by atoms with Crippen LogP contribution in [0.25, 0.3) is 5.69 Å². The molecule has 1 aliphatic heterocycles. The van der Waals surface area contributed by atoms with Gasteiger partial charge in [0.25, 0.3) is 0 Å². The predicted molar refractivity (Wildman–Crippen MR) is 61.3 cm³/mol. The van der Waals surface area contributed by atoms with Gasteiger partial charge in [0.15, 0.2) is 0 Å². The molecule has 0 bridgehead atoms. The minimum absolute atomic E-state index is 0.569. The van der Waals surface area contributed by atoms with E-state index < -0.39 is 0 Å². The van der Waals surface area contributed by atoms with E-state index in [1.807, 2.05) is 30.3 Å². The van der Waals surface area contributed by atoms with Gasteiger partial charge in [0, 0.05) is 12.0 Å². The van der Waals surface area contributed by atoms with Crippen molar-refractivity contribution in [1.29, 1.82) is 0 Å². The Bertz CT molecular complexity index is 504. The molecule has 0 fully saturated rings. The van der Waals surface area contributed by atoms with Crippen molar-refractivity contribution in [2.24, 2.45) is 0 Å². The second-order valence-corrected chi connectivity index (χ2v) is 3.86. The molecule has 2 aromatic rings. The van der Waals surface area contributed by atoms with E-state index in [-0.39, 0.29) is 0 Å². The summed E-state index contributed by atoms with van der Waals surface area (Å²) in [7, 11) is 0. The zero-order valence-corrected chi connectivity index (χ0v) is 8.89. The molecule has 0 atom stereocenters. The Labute approximate surface area is 93.6 Å². The van der Waals surface area contributed by atoms with E-state index in [4.69, 9.17) is 10.5 Å². The first-order valence-electron chi connectivity index (χ1n) is 5.35. The molecule has 3 rings (SSSR count). The molecule has 0 amide bonds. The van der Waals surface area contributed by atoms with Crippen LogP contribution < -0.4 is 5.73 Å². The molecular weight excluding hydrogens is 202 g/mol. The van der Waals surface area contributed by atoms with Crippen LogP contribution in [0, 0.1) is 0 Å². The molecule has 1 aromatic carbocycles. The Kier molecular flexibility index (Phi) is 2.15. The number of benzene rings is 1. The maximum atomic E-state index is 6.10. The summed E-state index contributed by atoms with van der Waals surface area (Å²) in [4.78, 5) is 0. The molecule has 2 N–H and O–H groups in total. The standard InChI is InChI=1S/C12H13N3O/c13-12-10-6-7-16-8-11(10)14-15(12)9-4-2-1-3-5-9/h1-5H,6-8,13H2. The van der Waals surface area contributed by atoms with E-state index in [1.165, 1.54) is 0 Å². The third-order valence-corrected chi connectivity index (χ3v) is 2.84. The maximum absolute atomic E-state index is 6.10. The van der Waals surface area contributed by atoms with Gasteiger partial charge in [0.2, 0.25) is 0 Å². The van der Waals surface area contributed by atoms with Crippen molar-refractivity contribution in [3.63, 3.8) is 0 Å². The quantitative estimate of drug-likeness (QED) is 0.784. The highest BCUT2D eigenvalue weighted by molar-refractivity contribution is 5.50. The smallest absolute Gasteiger partial charge is 0.130 e. The number of fused-ring (bicyclic) bond motifs is 1. The summed E-state index contributed by atoms with van der Waals surface area (Å²) in [5.74, 6) is 0.740. The minimum Gasteiger partial charge on any atom is -0.383 e.